The molecule has 0 aliphatic heterocycles. The van der Waals surface area contributed by atoms with Gasteiger partial charge >= 0.3 is 5.97 Å². The molecule has 0 fully saturated rings. The Morgan fingerprint density at radius 3 is 2.87 bits per heavy atom. The largest absolute Gasteiger partial charge is 0.477 e. The highest BCUT2D eigenvalue weighted by Gasteiger charge is 2.16. The van der Waals surface area contributed by atoms with Crippen molar-refractivity contribution in [2.24, 2.45) is 0 Å². The maximum atomic E-state index is 11.8. The molecule has 2 aromatic heterocycles. The van der Waals surface area contributed by atoms with Gasteiger partial charge in [0, 0.05) is 6.20 Å². The molecule has 2 rings (SSSR count). The molecule has 0 spiro atoms. The maximum Gasteiger partial charge on any atom is 0.341 e. The number of carboxylic acids is 1. The third kappa shape index (κ3) is 1.44. The fraction of sp³-hybridized carbons (Fsp3) is 0.111. The van der Waals surface area contributed by atoms with Gasteiger partial charge in [-0.1, -0.05) is 11.6 Å². The molecule has 0 saturated carbocycles. The molecular formula is C9H6ClNO3S. The number of H-pyrrole nitrogens is 1. The summed E-state index contributed by atoms with van der Waals surface area (Å²) >= 11 is 7.10. The number of hydrogen-bond acceptors (Lipinski definition) is 3. The standard InChI is InChI=1S/C9H6ClNO3S/c1-3-5-6(12)4(9(13)14)2-11-8(5)15-7(3)10/h2H,1H3,(H,11,12)(H,13,14). The number of aromatic carboxylic acids is 1. The van der Waals surface area contributed by atoms with Crippen molar-refractivity contribution in [3.05, 3.63) is 31.9 Å². The van der Waals surface area contributed by atoms with E-state index in [-0.39, 0.29) is 5.56 Å². The van der Waals surface area contributed by atoms with E-state index >= 15 is 0 Å². The van der Waals surface area contributed by atoms with Gasteiger partial charge in [0.1, 0.15) is 10.4 Å². The fourth-order valence-electron chi connectivity index (χ4n) is 1.36. The van der Waals surface area contributed by atoms with Crippen LogP contribution >= 0.6 is 22.9 Å². The number of pyridine rings is 1. The van der Waals surface area contributed by atoms with Crippen LogP contribution in [-0.4, -0.2) is 16.1 Å². The molecule has 0 bridgehead atoms. The van der Waals surface area contributed by atoms with Crippen LogP contribution in [0, 0.1) is 6.92 Å². The summed E-state index contributed by atoms with van der Waals surface area (Å²) in [6.07, 6.45) is 1.19. The molecule has 0 aromatic carbocycles. The van der Waals surface area contributed by atoms with Crippen molar-refractivity contribution < 1.29 is 9.90 Å². The number of halogens is 1. The molecule has 0 radical (unpaired) electrons. The molecule has 0 atom stereocenters. The lowest BCUT2D eigenvalue weighted by molar-refractivity contribution is 0.0695. The van der Waals surface area contributed by atoms with E-state index in [2.05, 4.69) is 4.98 Å². The first kappa shape index (κ1) is 10.2. The SMILES string of the molecule is Cc1c(Cl)sc2[nH]cc(C(=O)O)c(=O)c12. The second kappa shape index (κ2) is 3.36. The summed E-state index contributed by atoms with van der Waals surface area (Å²) in [6, 6.07) is 0. The lowest BCUT2D eigenvalue weighted by atomic mass is 10.2. The zero-order chi connectivity index (χ0) is 11.2. The fourth-order valence-corrected chi connectivity index (χ4v) is 2.58. The highest BCUT2D eigenvalue weighted by molar-refractivity contribution is 7.22. The van der Waals surface area contributed by atoms with E-state index in [0.29, 0.717) is 20.1 Å². The Labute approximate surface area is 93.1 Å². The van der Waals surface area contributed by atoms with Crippen LogP contribution in [0.2, 0.25) is 4.34 Å². The molecule has 2 heterocycles. The van der Waals surface area contributed by atoms with E-state index in [1.54, 1.807) is 6.92 Å². The van der Waals surface area contributed by atoms with Gasteiger partial charge in [0.2, 0.25) is 5.43 Å². The second-order valence-electron chi connectivity index (χ2n) is 3.04. The number of rotatable bonds is 1. The minimum atomic E-state index is -1.24. The normalized spacial score (nSPS) is 10.8. The molecule has 4 nitrogen and oxygen atoms in total. The summed E-state index contributed by atoms with van der Waals surface area (Å²) in [5, 5.41) is 9.14. The Balaban J connectivity index is 2.95. The topological polar surface area (TPSA) is 70.2 Å². The van der Waals surface area contributed by atoms with Crippen LogP contribution in [0.5, 0.6) is 0 Å². The van der Waals surface area contributed by atoms with Gasteiger partial charge in [-0.15, -0.1) is 11.3 Å². The third-order valence-corrected chi connectivity index (χ3v) is 3.66. The van der Waals surface area contributed by atoms with Crippen LogP contribution in [0.15, 0.2) is 11.0 Å². The van der Waals surface area contributed by atoms with Crippen molar-refractivity contribution >= 4 is 39.1 Å². The quantitative estimate of drug-likeness (QED) is 0.807. The van der Waals surface area contributed by atoms with E-state index in [1.807, 2.05) is 0 Å². The number of nitrogens with one attached hydrogen (secondary N) is 1. The lowest BCUT2D eigenvalue weighted by Gasteiger charge is -1.94. The highest BCUT2D eigenvalue weighted by Crippen LogP contribution is 2.31. The molecule has 0 aliphatic carbocycles. The van der Waals surface area contributed by atoms with E-state index in [1.165, 1.54) is 17.5 Å². The van der Waals surface area contributed by atoms with Crippen LogP contribution < -0.4 is 5.43 Å². The Bertz CT molecular complexity index is 614. The summed E-state index contributed by atoms with van der Waals surface area (Å²) in [5.41, 5.74) is -0.127. The van der Waals surface area contributed by atoms with Gasteiger partial charge < -0.3 is 10.1 Å². The number of carbonyl (C=O) groups is 1. The molecule has 0 aliphatic rings. The van der Waals surface area contributed by atoms with Crippen molar-refractivity contribution in [2.75, 3.05) is 0 Å². The minimum absolute atomic E-state index is 0.264. The number of aromatic nitrogens is 1. The summed E-state index contributed by atoms with van der Waals surface area (Å²) in [5.74, 6) is -1.24. The van der Waals surface area contributed by atoms with Gasteiger partial charge in [-0.3, -0.25) is 4.79 Å². The Morgan fingerprint density at radius 1 is 1.60 bits per heavy atom. The van der Waals surface area contributed by atoms with Crippen LogP contribution in [0.25, 0.3) is 10.2 Å². The van der Waals surface area contributed by atoms with Crippen molar-refractivity contribution in [3.8, 4) is 0 Å². The average molecular weight is 244 g/mol. The summed E-state index contributed by atoms with van der Waals surface area (Å²) < 4.78 is 0.501. The van der Waals surface area contributed by atoms with Gasteiger partial charge in [-0.05, 0) is 12.5 Å². The minimum Gasteiger partial charge on any atom is -0.477 e. The van der Waals surface area contributed by atoms with Crippen molar-refractivity contribution in [2.45, 2.75) is 6.92 Å². The van der Waals surface area contributed by atoms with Gasteiger partial charge in [0.05, 0.1) is 9.72 Å². The first-order chi connectivity index (χ1) is 7.02. The smallest absolute Gasteiger partial charge is 0.341 e. The van der Waals surface area contributed by atoms with Crippen LogP contribution in [0.3, 0.4) is 0 Å². The third-order valence-electron chi connectivity index (χ3n) is 2.14. The Hall–Kier alpha value is -1.33. The summed E-state index contributed by atoms with van der Waals surface area (Å²) in [6.45, 7) is 1.70. The predicted molar refractivity (Wildman–Crippen MR) is 59.2 cm³/mol. The maximum absolute atomic E-state index is 11.8. The zero-order valence-corrected chi connectivity index (χ0v) is 9.20. The molecule has 0 unspecified atom stereocenters. The summed E-state index contributed by atoms with van der Waals surface area (Å²) in [7, 11) is 0. The summed E-state index contributed by atoms with van der Waals surface area (Å²) in [4.78, 5) is 25.8. The van der Waals surface area contributed by atoms with E-state index < -0.39 is 11.4 Å². The number of aromatic amines is 1. The molecule has 78 valence electrons. The number of fused-ring (bicyclic) bond motifs is 1. The van der Waals surface area contributed by atoms with Gasteiger partial charge in [-0.2, -0.15) is 0 Å². The molecule has 2 N–H and O–H groups in total. The van der Waals surface area contributed by atoms with Crippen LogP contribution in [0.4, 0.5) is 0 Å². The Kier molecular flexibility index (Phi) is 2.28. The average Bonchev–Trinajstić information content (AvgIpc) is 2.43. The van der Waals surface area contributed by atoms with Gasteiger partial charge in [-0.25, -0.2) is 4.79 Å². The van der Waals surface area contributed by atoms with Crippen molar-refractivity contribution in [1.82, 2.24) is 4.98 Å². The van der Waals surface area contributed by atoms with Crippen molar-refractivity contribution in [3.63, 3.8) is 0 Å². The number of aryl methyl sites for hydroxylation is 1. The van der Waals surface area contributed by atoms with E-state index in [9.17, 15) is 9.59 Å². The van der Waals surface area contributed by atoms with Gasteiger partial charge in [0.25, 0.3) is 0 Å². The monoisotopic (exact) mass is 243 g/mol. The predicted octanol–water partition coefficient (Wildman–Crippen LogP) is 2.25. The molecule has 0 saturated heterocycles. The van der Waals surface area contributed by atoms with Crippen LogP contribution in [0.1, 0.15) is 15.9 Å². The molecule has 0 amide bonds. The zero-order valence-electron chi connectivity index (χ0n) is 7.63. The molecule has 2 aromatic rings. The second-order valence-corrected chi connectivity index (χ2v) is 4.66. The van der Waals surface area contributed by atoms with Gasteiger partial charge in [0.15, 0.2) is 0 Å². The first-order valence-electron chi connectivity index (χ1n) is 4.06. The molecular weight excluding hydrogens is 238 g/mol. The molecule has 6 heteroatoms. The number of hydrogen-bond donors (Lipinski definition) is 2. The van der Waals surface area contributed by atoms with E-state index in [0.717, 1.165) is 0 Å². The molecule has 15 heavy (non-hydrogen) atoms. The van der Waals surface area contributed by atoms with E-state index in [4.69, 9.17) is 16.7 Å². The van der Waals surface area contributed by atoms with Crippen molar-refractivity contribution in [1.29, 1.82) is 0 Å². The first-order valence-corrected chi connectivity index (χ1v) is 5.25. The number of carboxylic acid groups (broad SMARTS) is 1. The van der Waals surface area contributed by atoms with Crippen LogP contribution in [-0.2, 0) is 0 Å². The Morgan fingerprint density at radius 2 is 2.27 bits per heavy atom. The highest BCUT2D eigenvalue weighted by atomic mass is 35.5. The lowest BCUT2D eigenvalue weighted by Crippen LogP contribution is -2.14. The number of thiophene rings is 1.